The molecule has 0 aromatic carbocycles. The van der Waals surface area contributed by atoms with Gasteiger partial charge < -0.3 is 9.26 Å². The van der Waals surface area contributed by atoms with Crippen LogP contribution in [0.5, 0.6) is 0 Å². The Morgan fingerprint density at radius 1 is 1.90 bits per heavy atom. The van der Waals surface area contributed by atoms with Gasteiger partial charge >= 0.3 is 5.97 Å². The Hall–Kier alpha value is -0.840. The van der Waals surface area contributed by atoms with E-state index in [-0.39, 0.29) is 0 Å². The van der Waals surface area contributed by atoms with Gasteiger partial charge in [-0.2, -0.15) is 0 Å². The van der Waals surface area contributed by atoms with Crippen LogP contribution in [0, 0.1) is 0 Å². The van der Waals surface area contributed by atoms with Crippen molar-refractivity contribution in [2.45, 2.75) is 0 Å². The first kappa shape index (κ1) is 7.27. The number of nitrogens with zero attached hydrogens (tertiary/aromatic N) is 1. The Bertz CT molecular complexity index is 245. The molecule has 1 aromatic rings. The van der Waals surface area contributed by atoms with E-state index in [9.17, 15) is 4.79 Å². The minimum atomic E-state index is -0.465. The highest BCUT2D eigenvalue weighted by Gasteiger charge is 2.12. The van der Waals surface area contributed by atoms with Crippen molar-refractivity contribution in [2.24, 2.45) is 0 Å². The zero-order valence-electron chi connectivity index (χ0n) is 5.13. The van der Waals surface area contributed by atoms with E-state index < -0.39 is 5.97 Å². The van der Waals surface area contributed by atoms with Gasteiger partial charge in [-0.15, -0.1) is 0 Å². The maximum Gasteiger partial charge on any atom is 0.344 e. The Morgan fingerprint density at radius 3 is 3.00 bits per heavy atom. The lowest BCUT2D eigenvalue weighted by Crippen LogP contribution is -1.99. The normalized spacial score (nSPS) is 9.40. The SMILES string of the molecule is COC(=O)c1conc1Br. The summed E-state index contributed by atoms with van der Waals surface area (Å²) in [5.74, 6) is -0.465. The smallest absolute Gasteiger partial charge is 0.344 e. The first-order valence-corrected chi connectivity index (χ1v) is 3.23. The van der Waals surface area contributed by atoms with Gasteiger partial charge in [0.2, 0.25) is 0 Å². The molecule has 0 atom stereocenters. The van der Waals surface area contributed by atoms with Gasteiger partial charge in [0.05, 0.1) is 7.11 Å². The molecule has 0 N–H and O–H groups in total. The number of methoxy groups -OCH3 is 1. The first-order valence-electron chi connectivity index (χ1n) is 2.44. The average molecular weight is 206 g/mol. The fraction of sp³-hybridized carbons (Fsp3) is 0.200. The van der Waals surface area contributed by atoms with E-state index >= 15 is 0 Å². The third-order valence-electron chi connectivity index (χ3n) is 0.931. The minimum Gasteiger partial charge on any atom is -0.465 e. The Morgan fingerprint density at radius 2 is 2.60 bits per heavy atom. The van der Waals surface area contributed by atoms with Gasteiger partial charge in [0, 0.05) is 0 Å². The summed E-state index contributed by atoms with van der Waals surface area (Å²) in [5, 5.41) is 3.43. The first-order chi connectivity index (χ1) is 4.75. The number of halogens is 1. The molecule has 1 rings (SSSR count). The summed E-state index contributed by atoms with van der Waals surface area (Å²) >= 11 is 3.00. The number of ether oxygens (including phenoxy) is 1. The molecule has 0 saturated heterocycles. The van der Waals surface area contributed by atoms with Gasteiger partial charge in [0.15, 0.2) is 4.60 Å². The molecule has 0 aliphatic carbocycles. The molecule has 0 bridgehead atoms. The van der Waals surface area contributed by atoms with Crippen molar-refractivity contribution in [3.63, 3.8) is 0 Å². The van der Waals surface area contributed by atoms with Crippen molar-refractivity contribution in [1.82, 2.24) is 5.16 Å². The highest BCUT2D eigenvalue weighted by Crippen LogP contribution is 2.13. The maximum atomic E-state index is 10.7. The molecule has 0 spiro atoms. The molecule has 0 saturated carbocycles. The third kappa shape index (κ3) is 1.18. The molecule has 4 nitrogen and oxygen atoms in total. The Kier molecular flexibility index (Phi) is 2.06. The molecule has 1 heterocycles. The van der Waals surface area contributed by atoms with Crippen LogP contribution in [0.3, 0.4) is 0 Å². The summed E-state index contributed by atoms with van der Waals surface area (Å²) in [6.45, 7) is 0. The molecule has 0 aliphatic heterocycles. The monoisotopic (exact) mass is 205 g/mol. The number of aromatic nitrogens is 1. The summed E-state index contributed by atoms with van der Waals surface area (Å²) < 4.78 is 9.24. The molecular formula is C5H4BrNO3. The van der Waals surface area contributed by atoms with Crippen LogP contribution >= 0.6 is 15.9 Å². The van der Waals surface area contributed by atoms with Gasteiger partial charge in [-0.3, -0.25) is 0 Å². The standard InChI is InChI=1S/C5H4BrNO3/c1-9-5(8)3-2-10-7-4(3)6/h2H,1H3. The van der Waals surface area contributed by atoms with Crippen LogP contribution in [0.15, 0.2) is 15.4 Å². The number of hydrogen-bond donors (Lipinski definition) is 0. The van der Waals surface area contributed by atoms with Crippen LogP contribution < -0.4 is 0 Å². The van der Waals surface area contributed by atoms with Crippen molar-refractivity contribution in [3.05, 3.63) is 16.4 Å². The second kappa shape index (κ2) is 2.83. The molecule has 0 radical (unpaired) electrons. The maximum absolute atomic E-state index is 10.7. The molecule has 0 fully saturated rings. The number of hydrogen-bond acceptors (Lipinski definition) is 4. The zero-order chi connectivity index (χ0) is 7.56. The average Bonchev–Trinajstić information content (AvgIpc) is 2.34. The van der Waals surface area contributed by atoms with Crippen LogP contribution in [0.2, 0.25) is 0 Å². The highest BCUT2D eigenvalue weighted by atomic mass is 79.9. The van der Waals surface area contributed by atoms with Gasteiger partial charge in [0.25, 0.3) is 0 Å². The molecule has 54 valence electrons. The van der Waals surface area contributed by atoms with Gasteiger partial charge in [-0.25, -0.2) is 4.79 Å². The lowest BCUT2D eigenvalue weighted by atomic mass is 10.4. The molecular weight excluding hydrogens is 202 g/mol. The Balaban J connectivity index is 2.93. The summed E-state index contributed by atoms with van der Waals surface area (Å²) in [6.07, 6.45) is 1.22. The minimum absolute atomic E-state index is 0.294. The van der Waals surface area contributed by atoms with E-state index in [1.165, 1.54) is 13.4 Å². The van der Waals surface area contributed by atoms with Crippen LogP contribution in [0.4, 0.5) is 0 Å². The van der Waals surface area contributed by atoms with E-state index in [0.717, 1.165) is 0 Å². The van der Waals surface area contributed by atoms with Crippen LogP contribution in [0.1, 0.15) is 10.4 Å². The van der Waals surface area contributed by atoms with Crippen LogP contribution in [-0.2, 0) is 4.74 Å². The van der Waals surface area contributed by atoms with Gasteiger partial charge in [-0.1, -0.05) is 5.16 Å². The third-order valence-corrected chi connectivity index (χ3v) is 1.50. The van der Waals surface area contributed by atoms with E-state index in [0.29, 0.717) is 10.2 Å². The van der Waals surface area contributed by atoms with E-state index in [1.807, 2.05) is 0 Å². The van der Waals surface area contributed by atoms with E-state index in [4.69, 9.17) is 0 Å². The lowest BCUT2D eigenvalue weighted by molar-refractivity contribution is 0.0599. The molecule has 0 amide bonds. The summed E-state index contributed by atoms with van der Waals surface area (Å²) in [5.41, 5.74) is 0.294. The molecule has 1 aromatic heterocycles. The Labute approximate surface area is 65.3 Å². The van der Waals surface area contributed by atoms with Crippen LogP contribution in [0.25, 0.3) is 0 Å². The largest absolute Gasteiger partial charge is 0.465 e. The predicted molar refractivity (Wildman–Crippen MR) is 35.5 cm³/mol. The number of carbonyl (C=O) groups excluding carboxylic acids is 1. The quantitative estimate of drug-likeness (QED) is 0.648. The number of carbonyl (C=O) groups is 1. The highest BCUT2D eigenvalue weighted by molar-refractivity contribution is 9.10. The summed E-state index contributed by atoms with van der Waals surface area (Å²) in [4.78, 5) is 10.7. The molecule has 0 aliphatic rings. The summed E-state index contributed by atoms with van der Waals surface area (Å²) in [6, 6.07) is 0. The fourth-order valence-corrected chi connectivity index (χ4v) is 0.804. The van der Waals surface area contributed by atoms with Gasteiger partial charge in [-0.05, 0) is 15.9 Å². The van der Waals surface area contributed by atoms with Crippen molar-refractivity contribution in [3.8, 4) is 0 Å². The van der Waals surface area contributed by atoms with E-state index in [1.54, 1.807) is 0 Å². The second-order valence-corrected chi connectivity index (χ2v) is 2.26. The van der Waals surface area contributed by atoms with Crippen molar-refractivity contribution in [2.75, 3.05) is 7.11 Å². The molecule has 10 heavy (non-hydrogen) atoms. The lowest BCUT2D eigenvalue weighted by Gasteiger charge is -1.90. The number of esters is 1. The predicted octanol–water partition coefficient (Wildman–Crippen LogP) is 1.22. The fourth-order valence-electron chi connectivity index (χ4n) is 0.465. The zero-order valence-corrected chi connectivity index (χ0v) is 6.71. The molecule has 5 heteroatoms. The van der Waals surface area contributed by atoms with Crippen molar-refractivity contribution >= 4 is 21.9 Å². The summed E-state index contributed by atoms with van der Waals surface area (Å²) in [7, 11) is 1.29. The van der Waals surface area contributed by atoms with E-state index in [2.05, 4.69) is 30.3 Å². The van der Waals surface area contributed by atoms with Crippen LogP contribution in [-0.4, -0.2) is 18.2 Å². The van der Waals surface area contributed by atoms with Crippen molar-refractivity contribution in [1.29, 1.82) is 0 Å². The van der Waals surface area contributed by atoms with Gasteiger partial charge in [0.1, 0.15) is 11.8 Å². The van der Waals surface area contributed by atoms with Crippen molar-refractivity contribution < 1.29 is 14.1 Å². The topological polar surface area (TPSA) is 52.3 Å². The number of rotatable bonds is 1. The molecule has 0 unspecified atom stereocenters. The second-order valence-electron chi connectivity index (χ2n) is 1.51.